The van der Waals surface area contributed by atoms with Gasteiger partial charge in [-0.05, 0) is 56.5 Å². The molecule has 0 aromatic heterocycles. The number of anilines is 1. The summed E-state index contributed by atoms with van der Waals surface area (Å²) in [5.74, 6) is 0.380. The Hall–Kier alpha value is -2.62. The van der Waals surface area contributed by atoms with Crippen LogP contribution in [0.15, 0.2) is 36.4 Å². The second kappa shape index (κ2) is 8.47. The highest BCUT2D eigenvalue weighted by Gasteiger charge is 2.12. The molecule has 0 atom stereocenters. The first kappa shape index (κ1) is 18.7. The number of ketones is 1. The van der Waals surface area contributed by atoms with Crippen molar-refractivity contribution in [3.05, 3.63) is 58.7 Å². The van der Waals surface area contributed by atoms with E-state index in [1.165, 1.54) is 12.5 Å². The molecule has 0 unspecified atom stereocenters. The first-order valence-corrected chi connectivity index (χ1v) is 8.54. The molecule has 0 radical (unpaired) electrons. The molecule has 0 bridgehead atoms. The maximum absolute atomic E-state index is 12.0. The summed E-state index contributed by atoms with van der Waals surface area (Å²) in [6, 6.07) is 11.4. The number of carbonyl (C=O) groups excluding carboxylic acids is 2. The van der Waals surface area contributed by atoms with E-state index >= 15 is 0 Å². The lowest BCUT2D eigenvalue weighted by atomic mass is 10.1. The molecular weight excluding hydrogens is 314 g/mol. The molecule has 0 aliphatic heterocycles. The Morgan fingerprint density at radius 2 is 1.84 bits per heavy atom. The average molecular weight is 339 g/mol. The number of aryl methyl sites for hydroxylation is 2. The van der Waals surface area contributed by atoms with Crippen molar-refractivity contribution >= 4 is 17.4 Å². The van der Waals surface area contributed by atoms with Gasteiger partial charge < -0.3 is 10.1 Å². The molecule has 2 aromatic carbocycles. The van der Waals surface area contributed by atoms with Gasteiger partial charge in [0.05, 0.1) is 5.56 Å². The highest BCUT2D eigenvalue weighted by atomic mass is 16.5. The monoisotopic (exact) mass is 339 g/mol. The first-order chi connectivity index (χ1) is 11.9. The van der Waals surface area contributed by atoms with Crippen LogP contribution in [0.1, 0.15) is 53.7 Å². The number of benzene rings is 2. The fourth-order valence-electron chi connectivity index (χ4n) is 2.57. The van der Waals surface area contributed by atoms with Crippen molar-refractivity contribution in [1.29, 1.82) is 0 Å². The molecule has 4 nitrogen and oxygen atoms in total. The highest BCUT2D eigenvalue weighted by molar-refractivity contribution is 5.99. The number of ether oxygens (including phenoxy) is 1. The van der Waals surface area contributed by atoms with E-state index in [1.54, 1.807) is 18.2 Å². The van der Waals surface area contributed by atoms with Crippen molar-refractivity contribution in [3.8, 4) is 5.75 Å². The minimum Gasteiger partial charge on any atom is -0.488 e. The summed E-state index contributed by atoms with van der Waals surface area (Å²) in [7, 11) is 0. The molecule has 1 N–H and O–H groups in total. The second-order valence-electron chi connectivity index (χ2n) is 6.28. The normalized spacial score (nSPS) is 10.4. The quantitative estimate of drug-likeness (QED) is 0.736. The third-order valence-corrected chi connectivity index (χ3v) is 4.01. The van der Waals surface area contributed by atoms with E-state index in [4.69, 9.17) is 4.74 Å². The lowest BCUT2D eigenvalue weighted by Crippen LogP contribution is -2.11. The number of amides is 1. The largest absolute Gasteiger partial charge is 0.488 e. The maximum Gasteiger partial charge on any atom is 0.224 e. The Morgan fingerprint density at radius 3 is 2.52 bits per heavy atom. The molecular formula is C21H25NO3. The summed E-state index contributed by atoms with van der Waals surface area (Å²) in [5, 5.41) is 2.81. The Morgan fingerprint density at radius 1 is 1.08 bits per heavy atom. The first-order valence-electron chi connectivity index (χ1n) is 8.54. The number of rotatable bonds is 7. The molecule has 0 fully saturated rings. The van der Waals surface area contributed by atoms with E-state index in [0.29, 0.717) is 30.0 Å². The fraction of sp³-hybridized carbons (Fsp3) is 0.333. The zero-order chi connectivity index (χ0) is 18.4. The Balaban J connectivity index is 2.18. The zero-order valence-corrected chi connectivity index (χ0v) is 15.3. The van der Waals surface area contributed by atoms with Gasteiger partial charge >= 0.3 is 0 Å². The molecule has 132 valence electrons. The minimum atomic E-state index is -0.0949. The summed E-state index contributed by atoms with van der Waals surface area (Å²) in [5.41, 5.74) is 4.50. The van der Waals surface area contributed by atoms with Crippen LogP contribution in [0.4, 0.5) is 5.69 Å². The van der Waals surface area contributed by atoms with Gasteiger partial charge in [0.15, 0.2) is 5.78 Å². The van der Waals surface area contributed by atoms with Gasteiger partial charge in [-0.25, -0.2) is 0 Å². The zero-order valence-electron chi connectivity index (χ0n) is 15.3. The van der Waals surface area contributed by atoms with E-state index in [1.807, 2.05) is 20.8 Å². The Bertz CT molecular complexity index is 781. The van der Waals surface area contributed by atoms with Gasteiger partial charge in [0.2, 0.25) is 5.91 Å². The third kappa shape index (κ3) is 5.18. The molecule has 25 heavy (non-hydrogen) atoms. The molecule has 2 aromatic rings. The third-order valence-electron chi connectivity index (χ3n) is 4.01. The summed E-state index contributed by atoms with van der Waals surface area (Å²) >= 11 is 0. The minimum absolute atomic E-state index is 0.0546. The van der Waals surface area contributed by atoms with Crippen molar-refractivity contribution in [2.75, 3.05) is 5.32 Å². The number of hydrogen-bond acceptors (Lipinski definition) is 3. The molecule has 0 aliphatic carbocycles. The summed E-state index contributed by atoms with van der Waals surface area (Å²) < 4.78 is 5.89. The molecule has 0 saturated carbocycles. The van der Waals surface area contributed by atoms with Crippen LogP contribution in [0.25, 0.3) is 0 Å². The van der Waals surface area contributed by atoms with Crippen molar-refractivity contribution in [3.63, 3.8) is 0 Å². The summed E-state index contributed by atoms with van der Waals surface area (Å²) in [6.45, 7) is 7.92. The van der Waals surface area contributed by atoms with E-state index in [2.05, 4.69) is 23.5 Å². The average Bonchev–Trinajstić information content (AvgIpc) is 2.56. The Labute approximate surface area is 149 Å². The smallest absolute Gasteiger partial charge is 0.224 e. The number of hydrogen-bond donors (Lipinski definition) is 1. The van der Waals surface area contributed by atoms with Gasteiger partial charge in [-0.2, -0.15) is 0 Å². The van der Waals surface area contributed by atoms with Gasteiger partial charge in [0, 0.05) is 12.1 Å². The highest BCUT2D eigenvalue weighted by Crippen LogP contribution is 2.25. The van der Waals surface area contributed by atoms with Crippen molar-refractivity contribution in [2.45, 2.75) is 47.1 Å². The second-order valence-corrected chi connectivity index (χ2v) is 6.28. The van der Waals surface area contributed by atoms with Gasteiger partial charge in [-0.15, -0.1) is 0 Å². The van der Waals surface area contributed by atoms with E-state index < -0.39 is 0 Å². The molecule has 0 saturated heterocycles. The number of nitrogens with one attached hydrogen (secondary N) is 1. The lowest BCUT2D eigenvalue weighted by molar-refractivity contribution is -0.116. The molecule has 0 aliphatic rings. The molecule has 0 spiro atoms. The van der Waals surface area contributed by atoms with Crippen LogP contribution in [0.5, 0.6) is 5.75 Å². The van der Waals surface area contributed by atoms with Crippen LogP contribution in [0, 0.1) is 13.8 Å². The van der Waals surface area contributed by atoms with Crippen LogP contribution in [-0.2, 0) is 11.4 Å². The van der Waals surface area contributed by atoms with Crippen LogP contribution in [0.3, 0.4) is 0 Å². The number of Topliss-reactive ketones (excluding diaryl/α,β-unsaturated/α-hetero) is 1. The van der Waals surface area contributed by atoms with Crippen LogP contribution in [0.2, 0.25) is 0 Å². The molecule has 2 rings (SSSR count). The number of carbonyl (C=O) groups is 2. The van der Waals surface area contributed by atoms with Gasteiger partial charge in [-0.3, -0.25) is 9.59 Å². The molecule has 4 heteroatoms. The van der Waals surface area contributed by atoms with Crippen LogP contribution >= 0.6 is 0 Å². The fourth-order valence-corrected chi connectivity index (χ4v) is 2.57. The summed E-state index contributed by atoms with van der Waals surface area (Å²) in [4.78, 5) is 23.7. The molecule has 0 heterocycles. The molecule has 1 amide bonds. The van der Waals surface area contributed by atoms with Crippen molar-refractivity contribution in [2.24, 2.45) is 0 Å². The van der Waals surface area contributed by atoms with E-state index in [-0.39, 0.29) is 11.7 Å². The van der Waals surface area contributed by atoms with Crippen LogP contribution in [-0.4, -0.2) is 11.7 Å². The maximum atomic E-state index is 12.0. The van der Waals surface area contributed by atoms with E-state index in [9.17, 15) is 9.59 Å². The topological polar surface area (TPSA) is 55.4 Å². The standard InChI is InChI=1S/C21H25NO3/c1-5-6-21(24)22-18-9-10-20(19(12-18)16(4)23)25-13-17-11-14(2)7-8-15(17)3/h7-12H,5-6,13H2,1-4H3,(H,22,24). The SMILES string of the molecule is CCCC(=O)Nc1ccc(OCc2cc(C)ccc2C)c(C(C)=O)c1. The van der Waals surface area contributed by atoms with Crippen molar-refractivity contribution < 1.29 is 14.3 Å². The predicted molar refractivity (Wildman–Crippen MR) is 100 cm³/mol. The van der Waals surface area contributed by atoms with E-state index in [0.717, 1.165) is 17.5 Å². The summed E-state index contributed by atoms with van der Waals surface area (Å²) in [6.07, 6.45) is 1.24. The van der Waals surface area contributed by atoms with Gasteiger partial charge in [-0.1, -0.05) is 30.7 Å². The van der Waals surface area contributed by atoms with Crippen molar-refractivity contribution in [1.82, 2.24) is 0 Å². The van der Waals surface area contributed by atoms with Crippen LogP contribution < -0.4 is 10.1 Å². The van der Waals surface area contributed by atoms with Gasteiger partial charge in [0.25, 0.3) is 0 Å². The lowest BCUT2D eigenvalue weighted by Gasteiger charge is -2.14. The predicted octanol–water partition coefficient (Wildman–Crippen LogP) is 4.82. The van der Waals surface area contributed by atoms with Gasteiger partial charge in [0.1, 0.15) is 12.4 Å². The Kier molecular flexibility index (Phi) is 6.34.